The lowest BCUT2D eigenvalue weighted by Crippen LogP contribution is -2.39. The van der Waals surface area contributed by atoms with Crippen LogP contribution in [0.2, 0.25) is 0 Å². The van der Waals surface area contributed by atoms with Crippen molar-refractivity contribution in [3.63, 3.8) is 0 Å². The predicted molar refractivity (Wildman–Crippen MR) is 74.8 cm³/mol. The molecule has 0 unspecified atom stereocenters. The Balaban J connectivity index is 2.02. The quantitative estimate of drug-likeness (QED) is 0.816. The van der Waals surface area contributed by atoms with Crippen molar-refractivity contribution in [1.29, 1.82) is 0 Å². The number of hydrogen-bond acceptors (Lipinski definition) is 2. The van der Waals surface area contributed by atoms with Crippen LogP contribution in [0, 0.1) is 5.41 Å². The summed E-state index contributed by atoms with van der Waals surface area (Å²) in [5.41, 5.74) is 2.72. The Morgan fingerprint density at radius 2 is 1.67 bits per heavy atom. The van der Waals surface area contributed by atoms with Gasteiger partial charge in [-0.25, -0.2) is 0 Å². The summed E-state index contributed by atoms with van der Waals surface area (Å²) in [6.07, 6.45) is 2.20. The fourth-order valence-electron chi connectivity index (χ4n) is 2.54. The maximum absolute atomic E-state index is 11.6. The maximum atomic E-state index is 11.6. The second kappa shape index (κ2) is 5.23. The van der Waals surface area contributed by atoms with Crippen molar-refractivity contribution in [1.82, 2.24) is 4.90 Å². The van der Waals surface area contributed by atoms with Gasteiger partial charge < -0.3 is 4.90 Å². The van der Waals surface area contributed by atoms with E-state index >= 15 is 0 Å². The Kier molecular flexibility index (Phi) is 3.86. The van der Waals surface area contributed by atoms with Crippen molar-refractivity contribution in [2.24, 2.45) is 5.41 Å². The average Bonchev–Trinajstić information content (AvgIpc) is 2.52. The van der Waals surface area contributed by atoms with Crippen LogP contribution in [0.15, 0.2) is 24.3 Å². The molecule has 1 aliphatic heterocycles. The van der Waals surface area contributed by atoms with Crippen LogP contribution in [-0.2, 0) is 17.6 Å². The van der Waals surface area contributed by atoms with Crippen molar-refractivity contribution < 1.29 is 4.79 Å². The van der Waals surface area contributed by atoms with Crippen LogP contribution in [0.1, 0.15) is 31.9 Å². The van der Waals surface area contributed by atoms with Crippen LogP contribution in [0.4, 0.5) is 0 Å². The molecule has 0 fully saturated rings. The van der Waals surface area contributed by atoms with Crippen LogP contribution >= 0.6 is 0 Å². The molecule has 1 heterocycles. The SMILES string of the molecule is CC(=O)C(C)(C)CN1CCc2ccccc2CC1. The highest BCUT2D eigenvalue weighted by Crippen LogP contribution is 2.21. The van der Waals surface area contributed by atoms with E-state index in [0.717, 1.165) is 32.5 Å². The number of ketones is 1. The summed E-state index contributed by atoms with van der Waals surface area (Å²) in [7, 11) is 0. The number of benzene rings is 1. The van der Waals surface area contributed by atoms with Gasteiger partial charge in [0.25, 0.3) is 0 Å². The van der Waals surface area contributed by atoms with E-state index < -0.39 is 0 Å². The average molecular weight is 245 g/mol. The van der Waals surface area contributed by atoms with E-state index in [4.69, 9.17) is 0 Å². The van der Waals surface area contributed by atoms with Gasteiger partial charge in [-0.15, -0.1) is 0 Å². The minimum Gasteiger partial charge on any atom is -0.302 e. The molecule has 98 valence electrons. The Labute approximate surface area is 110 Å². The minimum atomic E-state index is -0.226. The van der Waals surface area contributed by atoms with Crippen LogP contribution in [0.5, 0.6) is 0 Å². The fourth-order valence-corrected chi connectivity index (χ4v) is 2.54. The Hall–Kier alpha value is -1.15. The molecule has 0 bridgehead atoms. The number of fused-ring (bicyclic) bond motifs is 1. The van der Waals surface area contributed by atoms with Gasteiger partial charge in [0.1, 0.15) is 5.78 Å². The molecule has 2 rings (SSSR count). The Morgan fingerprint density at radius 3 is 2.11 bits per heavy atom. The van der Waals surface area contributed by atoms with E-state index in [0.29, 0.717) is 0 Å². The van der Waals surface area contributed by atoms with Gasteiger partial charge in [0.05, 0.1) is 0 Å². The molecule has 18 heavy (non-hydrogen) atoms. The topological polar surface area (TPSA) is 20.3 Å². The number of Topliss-reactive ketones (excluding diaryl/α,β-unsaturated/α-hetero) is 1. The smallest absolute Gasteiger partial charge is 0.136 e. The first-order chi connectivity index (χ1) is 8.49. The van der Waals surface area contributed by atoms with Crippen molar-refractivity contribution in [2.75, 3.05) is 19.6 Å². The van der Waals surface area contributed by atoms with Gasteiger partial charge in [-0.3, -0.25) is 4.79 Å². The van der Waals surface area contributed by atoms with Crippen LogP contribution < -0.4 is 0 Å². The van der Waals surface area contributed by atoms with Gasteiger partial charge in [-0.2, -0.15) is 0 Å². The highest BCUT2D eigenvalue weighted by atomic mass is 16.1. The van der Waals surface area contributed by atoms with Gasteiger partial charge in [-0.1, -0.05) is 38.1 Å². The second-order valence-corrected chi connectivity index (χ2v) is 5.98. The van der Waals surface area contributed by atoms with Gasteiger partial charge in [0, 0.05) is 25.0 Å². The third-order valence-corrected chi connectivity index (χ3v) is 4.09. The molecule has 0 N–H and O–H groups in total. The lowest BCUT2D eigenvalue weighted by molar-refractivity contribution is -0.125. The van der Waals surface area contributed by atoms with Crippen LogP contribution in [0.25, 0.3) is 0 Å². The molecule has 0 amide bonds. The van der Waals surface area contributed by atoms with Crippen LogP contribution in [-0.4, -0.2) is 30.3 Å². The number of rotatable bonds is 3. The first-order valence-corrected chi connectivity index (χ1v) is 6.79. The third kappa shape index (κ3) is 2.99. The van der Waals surface area contributed by atoms with Crippen molar-refractivity contribution in [2.45, 2.75) is 33.6 Å². The fraction of sp³-hybridized carbons (Fsp3) is 0.562. The Bertz CT molecular complexity index is 409. The van der Waals surface area contributed by atoms with Gasteiger partial charge in [0.2, 0.25) is 0 Å². The summed E-state index contributed by atoms with van der Waals surface area (Å²) in [5.74, 6) is 0.282. The zero-order valence-electron chi connectivity index (χ0n) is 11.7. The van der Waals surface area contributed by atoms with E-state index in [1.807, 2.05) is 13.8 Å². The summed E-state index contributed by atoms with van der Waals surface area (Å²) in [5, 5.41) is 0. The molecule has 2 heteroatoms. The summed E-state index contributed by atoms with van der Waals surface area (Å²) < 4.78 is 0. The number of carbonyl (C=O) groups is 1. The summed E-state index contributed by atoms with van der Waals surface area (Å²) >= 11 is 0. The third-order valence-electron chi connectivity index (χ3n) is 4.09. The van der Waals surface area contributed by atoms with E-state index in [-0.39, 0.29) is 11.2 Å². The number of carbonyl (C=O) groups excluding carboxylic acids is 1. The summed E-state index contributed by atoms with van der Waals surface area (Å²) in [6, 6.07) is 8.70. The monoisotopic (exact) mass is 245 g/mol. The van der Waals surface area contributed by atoms with E-state index in [1.54, 1.807) is 6.92 Å². The molecule has 0 saturated carbocycles. The highest BCUT2D eigenvalue weighted by Gasteiger charge is 2.27. The van der Waals surface area contributed by atoms with Crippen molar-refractivity contribution >= 4 is 5.78 Å². The summed E-state index contributed by atoms with van der Waals surface area (Å²) in [4.78, 5) is 14.0. The van der Waals surface area contributed by atoms with E-state index in [9.17, 15) is 4.79 Å². The minimum absolute atomic E-state index is 0.226. The highest BCUT2D eigenvalue weighted by molar-refractivity contribution is 5.81. The van der Waals surface area contributed by atoms with Gasteiger partial charge in [-0.05, 0) is 30.9 Å². The van der Waals surface area contributed by atoms with Gasteiger partial charge >= 0.3 is 0 Å². The first kappa shape index (κ1) is 13.3. The molecule has 0 aliphatic carbocycles. The standard InChI is InChI=1S/C16H23NO/c1-13(18)16(2,3)12-17-10-8-14-6-4-5-7-15(14)9-11-17/h4-7H,8-12H2,1-3H3. The normalized spacial score (nSPS) is 17.1. The molecule has 1 aromatic rings. The van der Waals surface area contributed by atoms with Crippen molar-refractivity contribution in [3.8, 4) is 0 Å². The number of hydrogen-bond donors (Lipinski definition) is 0. The van der Waals surface area contributed by atoms with Crippen molar-refractivity contribution in [3.05, 3.63) is 35.4 Å². The molecule has 0 atom stereocenters. The second-order valence-electron chi connectivity index (χ2n) is 5.98. The molecule has 2 nitrogen and oxygen atoms in total. The predicted octanol–water partition coefficient (Wildman–Crippen LogP) is 2.70. The Morgan fingerprint density at radius 1 is 1.17 bits per heavy atom. The lowest BCUT2D eigenvalue weighted by Gasteiger charge is -2.29. The van der Waals surface area contributed by atoms with E-state index in [2.05, 4.69) is 29.2 Å². The van der Waals surface area contributed by atoms with E-state index in [1.165, 1.54) is 11.1 Å². The van der Waals surface area contributed by atoms with Crippen LogP contribution in [0.3, 0.4) is 0 Å². The number of nitrogens with zero attached hydrogens (tertiary/aromatic N) is 1. The molecule has 0 saturated heterocycles. The molecule has 0 aromatic heterocycles. The largest absolute Gasteiger partial charge is 0.302 e. The molecular formula is C16H23NO. The first-order valence-electron chi connectivity index (χ1n) is 6.79. The molecule has 1 aliphatic rings. The molecular weight excluding hydrogens is 222 g/mol. The zero-order valence-corrected chi connectivity index (χ0v) is 11.7. The molecule has 0 radical (unpaired) electrons. The maximum Gasteiger partial charge on any atom is 0.136 e. The summed E-state index contributed by atoms with van der Waals surface area (Å²) in [6.45, 7) is 8.80. The molecule has 1 aromatic carbocycles. The lowest BCUT2D eigenvalue weighted by atomic mass is 9.88. The molecule has 0 spiro atoms. The zero-order chi connectivity index (χ0) is 13.2. The van der Waals surface area contributed by atoms with Gasteiger partial charge in [0.15, 0.2) is 0 Å².